The van der Waals surface area contributed by atoms with Gasteiger partial charge in [0.15, 0.2) is 0 Å². The molecule has 0 aliphatic carbocycles. The standard InChI is InChI=1S/C21H29NO/c1-3-4-5-17-6-10-19(11-7-17)20-12-8-18(9-13-20)14-15-21(2,22)16-23/h6-13,23H,3-5,14-16,22H2,1-2H3. The molecule has 2 nitrogen and oxygen atoms in total. The van der Waals surface area contributed by atoms with Gasteiger partial charge < -0.3 is 10.8 Å². The summed E-state index contributed by atoms with van der Waals surface area (Å²) in [6.45, 7) is 4.14. The number of hydrogen-bond donors (Lipinski definition) is 2. The molecule has 0 aromatic heterocycles. The van der Waals surface area contributed by atoms with Crippen LogP contribution in [0, 0.1) is 0 Å². The zero-order valence-electron chi connectivity index (χ0n) is 14.4. The molecule has 0 aliphatic heterocycles. The second-order valence-corrected chi connectivity index (χ2v) is 6.81. The molecule has 0 fully saturated rings. The van der Waals surface area contributed by atoms with Gasteiger partial charge in [0, 0.05) is 5.54 Å². The number of nitrogens with two attached hydrogens (primary N) is 1. The highest BCUT2D eigenvalue weighted by atomic mass is 16.3. The van der Waals surface area contributed by atoms with Crippen molar-refractivity contribution in [1.82, 2.24) is 0 Å². The Morgan fingerprint density at radius 2 is 1.35 bits per heavy atom. The first kappa shape index (κ1) is 17.7. The molecule has 0 saturated heterocycles. The molecule has 0 bridgehead atoms. The van der Waals surface area contributed by atoms with Crippen molar-refractivity contribution >= 4 is 0 Å². The van der Waals surface area contributed by atoms with Crippen molar-refractivity contribution in [3.8, 4) is 11.1 Å². The van der Waals surface area contributed by atoms with Gasteiger partial charge in [-0.3, -0.25) is 0 Å². The fraction of sp³-hybridized carbons (Fsp3) is 0.429. The largest absolute Gasteiger partial charge is 0.394 e. The van der Waals surface area contributed by atoms with Gasteiger partial charge in [-0.25, -0.2) is 0 Å². The normalized spacial score (nSPS) is 13.7. The maximum absolute atomic E-state index is 9.22. The molecule has 0 spiro atoms. The average molecular weight is 311 g/mol. The van der Waals surface area contributed by atoms with Crippen molar-refractivity contribution in [2.75, 3.05) is 6.61 Å². The maximum Gasteiger partial charge on any atom is 0.0608 e. The Hall–Kier alpha value is -1.64. The monoisotopic (exact) mass is 311 g/mol. The van der Waals surface area contributed by atoms with Crippen molar-refractivity contribution in [3.63, 3.8) is 0 Å². The second-order valence-electron chi connectivity index (χ2n) is 6.81. The van der Waals surface area contributed by atoms with Gasteiger partial charge in [0.25, 0.3) is 0 Å². The minimum Gasteiger partial charge on any atom is -0.394 e. The van der Waals surface area contributed by atoms with Crippen molar-refractivity contribution in [2.45, 2.75) is 51.5 Å². The van der Waals surface area contributed by atoms with E-state index in [4.69, 9.17) is 5.73 Å². The highest BCUT2D eigenvalue weighted by Crippen LogP contribution is 2.22. The maximum atomic E-state index is 9.22. The number of unbranched alkanes of at least 4 members (excludes halogenated alkanes) is 1. The molecule has 1 unspecified atom stereocenters. The molecular weight excluding hydrogens is 282 g/mol. The summed E-state index contributed by atoms with van der Waals surface area (Å²) >= 11 is 0. The summed E-state index contributed by atoms with van der Waals surface area (Å²) in [4.78, 5) is 0. The summed E-state index contributed by atoms with van der Waals surface area (Å²) in [6, 6.07) is 17.6. The molecule has 2 rings (SSSR count). The third kappa shape index (κ3) is 5.49. The summed E-state index contributed by atoms with van der Waals surface area (Å²) < 4.78 is 0. The number of rotatable bonds is 8. The van der Waals surface area contributed by atoms with Gasteiger partial charge in [-0.2, -0.15) is 0 Å². The second kappa shape index (κ2) is 8.28. The SMILES string of the molecule is CCCCc1ccc(-c2ccc(CCC(C)(N)CO)cc2)cc1. The summed E-state index contributed by atoms with van der Waals surface area (Å²) in [5.41, 5.74) is 10.7. The Morgan fingerprint density at radius 3 is 1.78 bits per heavy atom. The predicted molar refractivity (Wildman–Crippen MR) is 98.5 cm³/mol. The van der Waals surface area contributed by atoms with Crippen LogP contribution in [0.25, 0.3) is 11.1 Å². The van der Waals surface area contributed by atoms with Crippen LogP contribution in [0.15, 0.2) is 48.5 Å². The molecule has 23 heavy (non-hydrogen) atoms. The molecular formula is C21H29NO. The van der Waals surface area contributed by atoms with Crippen LogP contribution in [0.5, 0.6) is 0 Å². The lowest BCUT2D eigenvalue weighted by Gasteiger charge is -2.21. The van der Waals surface area contributed by atoms with E-state index in [0.717, 1.165) is 12.8 Å². The zero-order valence-corrected chi connectivity index (χ0v) is 14.4. The van der Waals surface area contributed by atoms with Gasteiger partial charge in [-0.1, -0.05) is 61.9 Å². The molecule has 0 heterocycles. The van der Waals surface area contributed by atoms with Crippen molar-refractivity contribution in [3.05, 3.63) is 59.7 Å². The molecule has 3 N–H and O–H groups in total. The summed E-state index contributed by atoms with van der Waals surface area (Å²) in [5, 5.41) is 9.22. The summed E-state index contributed by atoms with van der Waals surface area (Å²) in [7, 11) is 0. The van der Waals surface area contributed by atoms with Crippen LogP contribution in [0.4, 0.5) is 0 Å². The van der Waals surface area contributed by atoms with Crippen LogP contribution in [0.2, 0.25) is 0 Å². The van der Waals surface area contributed by atoms with Gasteiger partial charge in [0.2, 0.25) is 0 Å². The lowest BCUT2D eigenvalue weighted by Crippen LogP contribution is -2.40. The highest BCUT2D eigenvalue weighted by molar-refractivity contribution is 5.63. The fourth-order valence-electron chi connectivity index (χ4n) is 2.62. The quantitative estimate of drug-likeness (QED) is 0.762. The molecule has 0 saturated carbocycles. The van der Waals surface area contributed by atoms with E-state index in [1.54, 1.807) is 0 Å². The molecule has 2 aromatic rings. The van der Waals surface area contributed by atoms with Crippen LogP contribution in [-0.4, -0.2) is 17.3 Å². The van der Waals surface area contributed by atoms with Crippen LogP contribution >= 0.6 is 0 Å². The van der Waals surface area contributed by atoms with Crippen molar-refractivity contribution in [2.24, 2.45) is 5.73 Å². The zero-order chi connectivity index (χ0) is 16.7. The van der Waals surface area contributed by atoms with Gasteiger partial charge in [-0.15, -0.1) is 0 Å². The molecule has 2 aromatic carbocycles. The van der Waals surface area contributed by atoms with E-state index in [2.05, 4.69) is 55.5 Å². The third-order valence-electron chi connectivity index (χ3n) is 4.41. The molecule has 124 valence electrons. The minimum absolute atomic E-state index is 0.0233. The summed E-state index contributed by atoms with van der Waals surface area (Å²) in [6.07, 6.45) is 5.33. The molecule has 2 heteroatoms. The van der Waals surface area contributed by atoms with E-state index in [1.807, 2.05) is 6.92 Å². The van der Waals surface area contributed by atoms with Crippen LogP contribution < -0.4 is 5.73 Å². The highest BCUT2D eigenvalue weighted by Gasteiger charge is 2.16. The average Bonchev–Trinajstić information content (AvgIpc) is 2.59. The Bertz CT molecular complexity index is 584. The number of benzene rings is 2. The Kier molecular flexibility index (Phi) is 6.37. The first-order chi connectivity index (χ1) is 11.0. The van der Waals surface area contributed by atoms with Gasteiger partial charge >= 0.3 is 0 Å². The van der Waals surface area contributed by atoms with Gasteiger partial charge in [0.05, 0.1) is 6.61 Å². The van der Waals surface area contributed by atoms with E-state index in [1.165, 1.54) is 41.5 Å². The molecule has 0 amide bonds. The van der Waals surface area contributed by atoms with Crippen LogP contribution in [-0.2, 0) is 12.8 Å². The summed E-state index contributed by atoms with van der Waals surface area (Å²) in [5.74, 6) is 0. The predicted octanol–water partition coefficient (Wildman–Crippen LogP) is 4.34. The lowest BCUT2D eigenvalue weighted by molar-refractivity contribution is 0.200. The molecule has 0 aliphatic rings. The lowest BCUT2D eigenvalue weighted by atomic mass is 9.94. The smallest absolute Gasteiger partial charge is 0.0608 e. The number of aryl methyl sites for hydroxylation is 2. The van der Waals surface area contributed by atoms with Gasteiger partial charge in [0.1, 0.15) is 0 Å². The molecule has 0 radical (unpaired) electrons. The molecule has 1 atom stereocenters. The van der Waals surface area contributed by atoms with Crippen molar-refractivity contribution < 1.29 is 5.11 Å². The Labute approximate surface area is 140 Å². The van der Waals surface area contributed by atoms with Crippen LogP contribution in [0.1, 0.15) is 44.2 Å². The topological polar surface area (TPSA) is 46.2 Å². The number of aliphatic hydroxyl groups is 1. The Balaban J connectivity index is 1.99. The van der Waals surface area contributed by atoms with E-state index in [0.29, 0.717) is 0 Å². The van der Waals surface area contributed by atoms with E-state index in [-0.39, 0.29) is 6.61 Å². The van der Waals surface area contributed by atoms with E-state index >= 15 is 0 Å². The first-order valence-electron chi connectivity index (χ1n) is 8.62. The third-order valence-corrected chi connectivity index (χ3v) is 4.41. The minimum atomic E-state index is -0.493. The van der Waals surface area contributed by atoms with Crippen LogP contribution in [0.3, 0.4) is 0 Å². The van der Waals surface area contributed by atoms with E-state index < -0.39 is 5.54 Å². The Morgan fingerprint density at radius 1 is 0.870 bits per heavy atom. The first-order valence-corrected chi connectivity index (χ1v) is 8.62. The fourth-order valence-corrected chi connectivity index (χ4v) is 2.62. The van der Waals surface area contributed by atoms with Crippen molar-refractivity contribution in [1.29, 1.82) is 0 Å². The van der Waals surface area contributed by atoms with E-state index in [9.17, 15) is 5.11 Å². The van der Waals surface area contributed by atoms with Gasteiger partial charge in [-0.05, 0) is 54.9 Å². The number of aliphatic hydroxyl groups excluding tert-OH is 1. The number of hydrogen-bond acceptors (Lipinski definition) is 2.